The van der Waals surface area contributed by atoms with Crippen molar-refractivity contribution in [2.45, 2.75) is 70.9 Å². The molecule has 1 aromatic rings. The molecule has 1 aromatic heterocycles. The van der Waals surface area contributed by atoms with Gasteiger partial charge in [0.15, 0.2) is 0 Å². The Balaban J connectivity index is 1.55. The van der Waals surface area contributed by atoms with Crippen LogP contribution in [-0.2, 0) is 4.79 Å². The molecule has 0 spiro atoms. The number of aromatic nitrogens is 1. The molecule has 0 aromatic carbocycles. The van der Waals surface area contributed by atoms with Gasteiger partial charge in [-0.2, -0.15) is 0 Å². The predicted octanol–water partition coefficient (Wildman–Crippen LogP) is 3.02. The van der Waals surface area contributed by atoms with Gasteiger partial charge in [0.1, 0.15) is 6.04 Å². The number of pyridine rings is 1. The molecule has 0 radical (unpaired) electrons. The number of nitrogens with one attached hydrogen (secondary N) is 1. The summed E-state index contributed by atoms with van der Waals surface area (Å²) >= 11 is 0. The summed E-state index contributed by atoms with van der Waals surface area (Å²) in [4.78, 5) is 37.9. The Morgan fingerprint density at radius 1 is 1.15 bits per heavy atom. The zero-order chi connectivity index (χ0) is 23.9. The number of carbonyl (C=O) groups excluding carboxylic acids is 2. The standard InChI is InChI=1S/C27H43N5O2/c1-21(2)18-31(19-22-8-4-3-5-9-22)24-16-25(27(34)30-14-7-12-28-13-15-30)32(20-24)26(33)23-10-6-11-29-17-23/h6,10-11,17,21-22,24-25,28H,3-5,7-9,12-16,18-20H2,1-2H3. The maximum absolute atomic E-state index is 13.7. The first kappa shape index (κ1) is 25.1. The first-order valence-corrected chi connectivity index (χ1v) is 13.5. The predicted molar refractivity (Wildman–Crippen MR) is 135 cm³/mol. The third kappa shape index (κ3) is 6.36. The third-order valence-electron chi connectivity index (χ3n) is 7.72. The van der Waals surface area contributed by atoms with Crippen LogP contribution in [0.15, 0.2) is 24.5 Å². The molecule has 3 heterocycles. The molecule has 1 saturated carbocycles. The maximum atomic E-state index is 13.7. The van der Waals surface area contributed by atoms with Gasteiger partial charge in [-0.15, -0.1) is 0 Å². The second-order valence-corrected chi connectivity index (χ2v) is 10.9. The summed E-state index contributed by atoms with van der Waals surface area (Å²) in [5, 5.41) is 3.39. The van der Waals surface area contributed by atoms with Gasteiger partial charge in [0, 0.05) is 57.7 Å². The number of hydrogen-bond donors (Lipinski definition) is 1. The Morgan fingerprint density at radius 2 is 1.97 bits per heavy atom. The summed E-state index contributed by atoms with van der Waals surface area (Å²) in [6.07, 6.45) is 11.6. The van der Waals surface area contributed by atoms with E-state index >= 15 is 0 Å². The van der Waals surface area contributed by atoms with Crippen molar-refractivity contribution in [2.75, 3.05) is 45.8 Å². The van der Waals surface area contributed by atoms with E-state index in [2.05, 4.69) is 29.0 Å². The van der Waals surface area contributed by atoms with Gasteiger partial charge in [0.25, 0.3) is 5.91 Å². The minimum Gasteiger partial charge on any atom is -0.340 e. The summed E-state index contributed by atoms with van der Waals surface area (Å²) in [6.45, 7) is 10.5. The molecule has 188 valence electrons. The number of rotatable bonds is 7. The van der Waals surface area contributed by atoms with Crippen LogP contribution in [0.1, 0.15) is 69.2 Å². The van der Waals surface area contributed by atoms with Crippen LogP contribution >= 0.6 is 0 Å². The van der Waals surface area contributed by atoms with E-state index in [4.69, 9.17) is 0 Å². The topological polar surface area (TPSA) is 68.8 Å². The van der Waals surface area contributed by atoms with E-state index < -0.39 is 6.04 Å². The Morgan fingerprint density at radius 3 is 2.71 bits per heavy atom. The van der Waals surface area contributed by atoms with Gasteiger partial charge in [0.2, 0.25) is 5.91 Å². The van der Waals surface area contributed by atoms with E-state index in [1.54, 1.807) is 18.5 Å². The number of likely N-dealkylation sites (tertiary alicyclic amines) is 1. The Labute approximate surface area is 205 Å². The molecule has 1 N–H and O–H groups in total. The second kappa shape index (κ2) is 12.1. The molecule has 2 aliphatic heterocycles. The first-order valence-electron chi connectivity index (χ1n) is 13.5. The Bertz CT molecular complexity index is 787. The van der Waals surface area contributed by atoms with E-state index in [9.17, 15) is 9.59 Å². The summed E-state index contributed by atoms with van der Waals surface area (Å²) < 4.78 is 0. The van der Waals surface area contributed by atoms with Crippen LogP contribution < -0.4 is 5.32 Å². The highest BCUT2D eigenvalue weighted by Crippen LogP contribution is 2.30. The normalized spacial score (nSPS) is 24.6. The monoisotopic (exact) mass is 469 g/mol. The minimum absolute atomic E-state index is 0.0657. The van der Waals surface area contributed by atoms with Crippen LogP contribution in [0.5, 0.6) is 0 Å². The minimum atomic E-state index is -0.392. The van der Waals surface area contributed by atoms with Crippen molar-refractivity contribution >= 4 is 11.8 Å². The highest BCUT2D eigenvalue weighted by molar-refractivity contribution is 5.97. The highest BCUT2D eigenvalue weighted by atomic mass is 16.2. The molecular formula is C27H43N5O2. The molecule has 2 atom stereocenters. The fraction of sp³-hybridized carbons (Fsp3) is 0.741. The van der Waals surface area contributed by atoms with E-state index in [0.717, 1.165) is 51.5 Å². The van der Waals surface area contributed by atoms with Crippen molar-refractivity contribution < 1.29 is 9.59 Å². The molecule has 34 heavy (non-hydrogen) atoms. The fourth-order valence-corrected chi connectivity index (χ4v) is 6.01. The fourth-order valence-electron chi connectivity index (χ4n) is 6.01. The number of hydrogen-bond acceptors (Lipinski definition) is 5. The van der Waals surface area contributed by atoms with Gasteiger partial charge in [-0.25, -0.2) is 0 Å². The van der Waals surface area contributed by atoms with Gasteiger partial charge in [0.05, 0.1) is 5.56 Å². The van der Waals surface area contributed by atoms with Crippen LogP contribution in [0.4, 0.5) is 0 Å². The molecule has 3 aliphatic rings. The quantitative estimate of drug-likeness (QED) is 0.665. The van der Waals surface area contributed by atoms with E-state index in [1.165, 1.54) is 32.1 Å². The van der Waals surface area contributed by atoms with Crippen LogP contribution in [-0.4, -0.2) is 89.4 Å². The van der Waals surface area contributed by atoms with Crippen LogP contribution in [0.25, 0.3) is 0 Å². The van der Waals surface area contributed by atoms with Gasteiger partial charge in [-0.3, -0.25) is 19.5 Å². The smallest absolute Gasteiger partial charge is 0.256 e. The molecule has 7 heteroatoms. The number of carbonyl (C=O) groups is 2. The van der Waals surface area contributed by atoms with Gasteiger partial charge in [-0.1, -0.05) is 33.1 Å². The first-order chi connectivity index (χ1) is 16.5. The average molecular weight is 470 g/mol. The zero-order valence-corrected chi connectivity index (χ0v) is 21.1. The SMILES string of the molecule is CC(C)CN(CC1CCCCC1)C1CC(C(=O)N2CCCNCC2)N(C(=O)c2cccnc2)C1. The van der Waals surface area contributed by atoms with Crippen molar-refractivity contribution in [1.82, 2.24) is 25.0 Å². The summed E-state index contributed by atoms with van der Waals surface area (Å²) in [6, 6.07) is 3.45. The molecule has 2 amide bonds. The van der Waals surface area contributed by atoms with Gasteiger partial charge >= 0.3 is 0 Å². The van der Waals surface area contributed by atoms with E-state index in [1.807, 2.05) is 15.9 Å². The largest absolute Gasteiger partial charge is 0.340 e. The lowest BCUT2D eigenvalue weighted by Gasteiger charge is -2.35. The molecule has 1 aliphatic carbocycles. The average Bonchev–Trinajstić information content (AvgIpc) is 3.11. The molecular weight excluding hydrogens is 426 g/mol. The molecule has 0 bridgehead atoms. The summed E-state index contributed by atoms with van der Waals surface area (Å²) in [7, 11) is 0. The van der Waals surface area contributed by atoms with Crippen molar-refractivity contribution in [3.8, 4) is 0 Å². The lowest BCUT2D eigenvalue weighted by atomic mass is 9.88. The summed E-state index contributed by atoms with van der Waals surface area (Å²) in [5.41, 5.74) is 0.571. The third-order valence-corrected chi connectivity index (χ3v) is 7.72. The Hall–Kier alpha value is -1.99. The zero-order valence-electron chi connectivity index (χ0n) is 21.1. The van der Waals surface area contributed by atoms with E-state index in [0.29, 0.717) is 24.6 Å². The molecule has 3 fully saturated rings. The highest BCUT2D eigenvalue weighted by Gasteiger charge is 2.44. The van der Waals surface area contributed by atoms with Gasteiger partial charge < -0.3 is 15.1 Å². The van der Waals surface area contributed by atoms with Gasteiger partial charge in [-0.05, 0) is 56.2 Å². The van der Waals surface area contributed by atoms with Crippen LogP contribution in [0.3, 0.4) is 0 Å². The van der Waals surface area contributed by atoms with E-state index in [-0.39, 0.29) is 17.9 Å². The number of amides is 2. The molecule has 2 unspecified atom stereocenters. The lowest BCUT2D eigenvalue weighted by Crippen LogP contribution is -2.48. The maximum Gasteiger partial charge on any atom is 0.256 e. The second-order valence-electron chi connectivity index (χ2n) is 10.9. The summed E-state index contributed by atoms with van der Waals surface area (Å²) in [5.74, 6) is 1.34. The Kier molecular flexibility index (Phi) is 8.95. The van der Waals surface area contributed by atoms with Crippen molar-refractivity contribution in [2.24, 2.45) is 11.8 Å². The van der Waals surface area contributed by atoms with Crippen molar-refractivity contribution in [3.63, 3.8) is 0 Å². The number of nitrogens with zero attached hydrogens (tertiary/aromatic N) is 4. The molecule has 7 nitrogen and oxygen atoms in total. The lowest BCUT2D eigenvalue weighted by molar-refractivity contribution is -0.135. The molecule has 4 rings (SSSR count). The van der Waals surface area contributed by atoms with Crippen molar-refractivity contribution in [1.29, 1.82) is 0 Å². The molecule has 2 saturated heterocycles. The van der Waals surface area contributed by atoms with Crippen molar-refractivity contribution in [3.05, 3.63) is 30.1 Å². The van der Waals surface area contributed by atoms with Crippen LogP contribution in [0, 0.1) is 11.8 Å². The van der Waals surface area contributed by atoms with Crippen LogP contribution in [0.2, 0.25) is 0 Å².